The third-order valence-electron chi connectivity index (χ3n) is 4.92. The van der Waals surface area contributed by atoms with Crippen LogP contribution in [0.3, 0.4) is 0 Å². The highest BCUT2D eigenvalue weighted by Gasteiger charge is 2.24. The van der Waals surface area contributed by atoms with Crippen LogP contribution >= 0.6 is 12.4 Å². The molecule has 1 heterocycles. The number of non-ortho nitro benzene ring substituents is 1. The molecule has 29 heavy (non-hydrogen) atoms. The highest BCUT2D eigenvalue weighted by Crippen LogP contribution is 2.24. The smallest absolute Gasteiger partial charge is 0.271 e. The lowest BCUT2D eigenvalue weighted by molar-refractivity contribution is -0.384. The first kappa shape index (κ1) is 22.7. The molecule has 2 aromatic rings. The first-order valence-corrected chi connectivity index (χ1v) is 9.19. The molecule has 0 aromatic heterocycles. The van der Waals surface area contributed by atoms with Gasteiger partial charge in [-0.05, 0) is 30.2 Å². The molecule has 1 aliphatic heterocycles. The van der Waals surface area contributed by atoms with Gasteiger partial charge < -0.3 is 10.6 Å². The minimum absolute atomic E-state index is 0. The molecule has 0 aliphatic carbocycles. The summed E-state index contributed by atoms with van der Waals surface area (Å²) in [7, 11) is 0. The number of nitro groups is 1. The Morgan fingerprint density at radius 1 is 1.34 bits per heavy atom. The zero-order valence-electron chi connectivity index (χ0n) is 16.1. The number of carbonyl (C=O) groups is 1. The molecule has 1 atom stereocenters. The van der Waals surface area contributed by atoms with Crippen molar-refractivity contribution in [3.63, 3.8) is 0 Å². The van der Waals surface area contributed by atoms with Gasteiger partial charge in [0.15, 0.2) is 0 Å². The highest BCUT2D eigenvalue weighted by atomic mass is 35.5. The normalized spacial score (nSPS) is 16.7. The molecule has 1 aliphatic rings. The molecule has 3 rings (SSSR count). The van der Waals surface area contributed by atoms with Crippen LogP contribution in [0.1, 0.15) is 23.6 Å². The van der Waals surface area contributed by atoms with Crippen LogP contribution in [0.15, 0.2) is 42.5 Å². The van der Waals surface area contributed by atoms with Crippen LogP contribution in [0, 0.1) is 22.9 Å². The van der Waals surface area contributed by atoms with Crippen molar-refractivity contribution in [2.75, 3.05) is 31.5 Å². The number of rotatable bonds is 6. The van der Waals surface area contributed by atoms with Crippen molar-refractivity contribution in [1.29, 1.82) is 0 Å². The largest absolute Gasteiger partial charge is 0.326 e. The van der Waals surface area contributed by atoms with Gasteiger partial charge in [-0.3, -0.25) is 19.8 Å². The van der Waals surface area contributed by atoms with Gasteiger partial charge in [0.2, 0.25) is 5.91 Å². The predicted molar refractivity (Wildman–Crippen MR) is 112 cm³/mol. The minimum atomic E-state index is -0.487. The Hall–Kier alpha value is -2.55. The molecule has 1 amide bonds. The maximum atomic E-state index is 13.6. The second kappa shape index (κ2) is 10.3. The molecule has 156 valence electrons. The van der Waals surface area contributed by atoms with Gasteiger partial charge >= 0.3 is 0 Å². The van der Waals surface area contributed by atoms with Crippen molar-refractivity contribution < 1.29 is 14.1 Å². The van der Waals surface area contributed by atoms with E-state index in [9.17, 15) is 19.3 Å². The Bertz CT molecular complexity index is 881. The van der Waals surface area contributed by atoms with Crippen LogP contribution in [0.5, 0.6) is 0 Å². The van der Waals surface area contributed by atoms with E-state index in [-0.39, 0.29) is 42.3 Å². The van der Waals surface area contributed by atoms with Gasteiger partial charge in [-0.2, -0.15) is 0 Å². The molecule has 0 radical (unpaired) electrons. The number of nitrogens with one attached hydrogen (secondary N) is 2. The van der Waals surface area contributed by atoms with E-state index in [0.717, 1.165) is 24.2 Å². The summed E-state index contributed by atoms with van der Waals surface area (Å²) in [5.74, 6) is -0.484. The average molecular weight is 423 g/mol. The van der Waals surface area contributed by atoms with Gasteiger partial charge in [-0.25, -0.2) is 4.39 Å². The Kier molecular flexibility index (Phi) is 8.07. The van der Waals surface area contributed by atoms with Crippen LogP contribution in [0.4, 0.5) is 15.8 Å². The molecule has 2 N–H and O–H groups in total. The van der Waals surface area contributed by atoms with Gasteiger partial charge in [-0.15, -0.1) is 12.4 Å². The van der Waals surface area contributed by atoms with E-state index in [1.54, 1.807) is 19.1 Å². The summed E-state index contributed by atoms with van der Waals surface area (Å²) in [6.07, 6.45) is 0.244. The molecule has 1 unspecified atom stereocenters. The second-order valence-electron chi connectivity index (χ2n) is 6.87. The number of hydrogen-bond donors (Lipinski definition) is 2. The number of aryl methyl sites for hydroxylation is 1. The predicted octanol–water partition coefficient (Wildman–Crippen LogP) is 3.44. The second-order valence-corrected chi connectivity index (χ2v) is 6.87. The first-order chi connectivity index (χ1) is 13.4. The van der Waals surface area contributed by atoms with Crippen molar-refractivity contribution in [2.24, 2.45) is 0 Å². The fraction of sp³-hybridized carbons (Fsp3) is 0.350. The Morgan fingerprint density at radius 3 is 2.86 bits per heavy atom. The summed E-state index contributed by atoms with van der Waals surface area (Å²) in [4.78, 5) is 25.0. The van der Waals surface area contributed by atoms with Gasteiger partial charge in [0.1, 0.15) is 5.82 Å². The summed E-state index contributed by atoms with van der Waals surface area (Å²) >= 11 is 0. The van der Waals surface area contributed by atoms with E-state index in [1.807, 2.05) is 6.07 Å². The SMILES string of the molecule is Cc1ccc([N+](=O)[O-])cc1NC(=O)CCN1CCNCC1c1cccc(F)c1.Cl. The molecule has 0 saturated carbocycles. The zero-order chi connectivity index (χ0) is 20.1. The lowest BCUT2D eigenvalue weighted by Gasteiger charge is -2.36. The van der Waals surface area contributed by atoms with E-state index < -0.39 is 4.92 Å². The summed E-state index contributed by atoms with van der Waals surface area (Å²) in [6, 6.07) is 10.9. The molecular formula is C20H24ClFN4O3. The van der Waals surface area contributed by atoms with E-state index in [2.05, 4.69) is 15.5 Å². The standard InChI is InChI=1S/C20H23FN4O3.ClH/c1-14-5-6-17(25(27)28)12-18(14)23-20(26)7-9-24-10-8-22-13-19(24)15-3-2-4-16(21)11-15;/h2-6,11-12,19,22H,7-10,13H2,1H3,(H,23,26);1H. The quantitative estimate of drug-likeness (QED) is 0.550. The maximum Gasteiger partial charge on any atom is 0.271 e. The molecule has 1 saturated heterocycles. The van der Waals surface area contributed by atoms with Crippen molar-refractivity contribution in [1.82, 2.24) is 10.2 Å². The highest BCUT2D eigenvalue weighted by molar-refractivity contribution is 5.92. The van der Waals surface area contributed by atoms with Crippen LogP contribution < -0.4 is 10.6 Å². The van der Waals surface area contributed by atoms with Crippen molar-refractivity contribution >= 4 is 29.7 Å². The number of carbonyl (C=O) groups excluding carboxylic acids is 1. The van der Waals surface area contributed by atoms with Crippen LogP contribution in [-0.2, 0) is 4.79 Å². The first-order valence-electron chi connectivity index (χ1n) is 9.19. The number of piperazine rings is 1. The fourth-order valence-corrected chi connectivity index (χ4v) is 3.37. The molecule has 9 heteroatoms. The third kappa shape index (κ3) is 5.96. The average Bonchev–Trinajstić information content (AvgIpc) is 2.68. The zero-order valence-corrected chi connectivity index (χ0v) is 16.9. The van der Waals surface area contributed by atoms with Crippen LogP contribution in [0.25, 0.3) is 0 Å². The van der Waals surface area contributed by atoms with Crippen molar-refractivity contribution in [3.05, 3.63) is 69.5 Å². The number of anilines is 1. The Balaban J connectivity index is 0.00000300. The minimum Gasteiger partial charge on any atom is -0.326 e. The number of nitro benzene ring substituents is 1. The molecule has 2 aromatic carbocycles. The number of hydrogen-bond acceptors (Lipinski definition) is 5. The van der Waals surface area contributed by atoms with Crippen LogP contribution in [0.2, 0.25) is 0 Å². The van der Waals surface area contributed by atoms with Gasteiger partial charge in [0.25, 0.3) is 5.69 Å². The summed E-state index contributed by atoms with van der Waals surface area (Å²) < 4.78 is 13.6. The Labute approximate surface area is 174 Å². The number of halogens is 2. The lowest BCUT2D eigenvalue weighted by atomic mass is 10.0. The molecule has 0 spiro atoms. The summed E-state index contributed by atoms with van der Waals surface area (Å²) in [5, 5.41) is 17.0. The third-order valence-corrected chi connectivity index (χ3v) is 4.92. The monoisotopic (exact) mass is 422 g/mol. The maximum absolute atomic E-state index is 13.6. The van der Waals surface area contributed by atoms with Gasteiger partial charge in [0.05, 0.1) is 10.6 Å². The number of amides is 1. The van der Waals surface area contributed by atoms with E-state index >= 15 is 0 Å². The number of nitrogens with zero attached hydrogens (tertiary/aromatic N) is 2. The van der Waals surface area contributed by atoms with E-state index in [0.29, 0.717) is 18.8 Å². The topological polar surface area (TPSA) is 87.5 Å². The van der Waals surface area contributed by atoms with Gasteiger partial charge in [0, 0.05) is 50.8 Å². The van der Waals surface area contributed by atoms with Crippen molar-refractivity contribution in [3.8, 4) is 0 Å². The van der Waals surface area contributed by atoms with E-state index in [1.165, 1.54) is 24.3 Å². The number of benzene rings is 2. The summed E-state index contributed by atoms with van der Waals surface area (Å²) in [5.41, 5.74) is 2.02. The molecule has 0 bridgehead atoms. The Morgan fingerprint density at radius 2 is 2.14 bits per heavy atom. The lowest BCUT2D eigenvalue weighted by Crippen LogP contribution is -2.46. The van der Waals surface area contributed by atoms with Crippen LogP contribution in [-0.4, -0.2) is 41.9 Å². The molecular weight excluding hydrogens is 399 g/mol. The van der Waals surface area contributed by atoms with Crippen molar-refractivity contribution in [2.45, 2.75) is 19.4 Å². The molecule has 1 fully saturated rings. The summed E-state index contributed by atoms with van der Waals surface area (Å²) in [6.45, 7) is 4.55. The fourth-order valence-electron chi connectivity index (χ4n) is 3.37. The van der Waals surface area contributed by atoms with Gasteiger partial charge in [-0.1, -0.05) is 18.2 Å². The van der Waals surface area contributed by atoms with E-state index in [4.69, 9.17) is 0 Å². The molecule has 7 nitrogen and oxygen atoms in total.